The summed E-state index contributed by atoms with van der Waals surface area (Å²) >= 11 is 0. The Balaban J connectivity index is 1.47. The molecule has 0 spiro atoms. The van der Waals surface area contributed by atoms with Gasteiger partial charge in [0.15, 0.2) is 18.9 Å². The normalized spacial score (nSPS) is 31.9. The van der Waals surface area contributed by atoms with Crippen LogP contribution in [-0.2, 0) is 33.2 Å². The lowest BCUT2D eigenvalue weighted by Crippen LogP contribution is -2.66. The second-order valence-corrected chi connectivity index (χ2v) is 20.4. The number of aliphatic hydroxyl groups excluding tert-OH is 11. The summed E-state index contributed by atoms with van der Waals surface area (Å²) in [6.45, 7) is 1.61. The summed E-state index contributed by atoms with van der Waals surface area (Å²) in [6.07, 6.45) is 10.9. The molecule has 17 unspecified atom stereocenters. The van der Waals surface area contributed by atoms with Crippen LogP contribution >= 0.6 is 0 Å². The second-order valence-electron chi connectivity index (χ2n) is 20.4. The lowest BCUT2D eigenvalue weighted by molar-refractivity contribution is -0.379. The third-order valence-electron chi connectivity index (χ3n) is 14.3. The maximum absolute atomic E-state index is 13.1. The Kier molecular flexibility index (Phi) is 34.8. The van der Waals surface area contributed by atoms with E-state index in [1.807, 2.05) is 6.08 Å². The Bertz CT molecular complexity index is 1440. The Morgan fingerprint density at radius 1 is 0.479 bits per heavy atom. The minimum atomic E-state index is -1.98. The maximum Gasteiger partial charge on any atom is 0.220 e. The molecular formula is C54H99NO18. The highest BCUT2D eigenvalue weighted by Crippen LogP contribution is 2.33. The third kappa shape index (κ3) is 23.8. The van der Waals surface area contributed by atoms with Crippen LogP contribution in [0.2, 0.25) is 0 Å². The summed E-state index contributed by atoms with van der Waals surface area (Å²) in [6, 6.07) is -0.982. The quantitative estimate of drug-likeness (QED) is 0.0308. The molecule has 3 fully saturated rings. The molecule has 3 heterocycles. The molecule has 0 aromatic carbocycles. The zero-order valence-electron chi connectivity index (χ0n) is 44.1. The van der Waals surface area contributed by atoms with Crippen molar-refractivity contribution >= 4 is 5.91 Å². The fourth-order valence-electron chi connectivity index (χ4n) is 9.56. The molecule has 0 aromatic heterocycles. The SMILES string of the molecule is CCCCCCCCCCCCCCCCCC/C=C/CC/C=C/C(O)C(COC1OC(CO)C(OC2OC(CO)C(OC3OC(CO)C(O)C(O)C3O)C(O)C2O)C(O)C1O)NC(=O)CCCCCCCC. The van der Waals surface area contributed by atoms with Gasteiger partial charge in [-0.25, -0.2) is 0 Å². The number of unbranched alkanes of at least 4 members (excludes halogenated alkanes) is 22. The van der Waals surface area contributed by atoms with E-state index < -0.39 is 124 Å². The van der Waals surface area contributed by atoms with Crippen molar-refractivity contribution in [3.8, 4) is 0 Å². The average molecular weight is 1050 g/mol. The van der Waals surface area contributed by atoms with E-state index in [9.17, 15) is 61.0 Å². The first-order chi connectivity index (χ1) is 35.3. The molecule has 0 aromatic rings. The van der Waals surface area contributed by atoms with E-state index in [1.54, 1.807) is 6.08 Å². The molecule has 19 heteroatoms. The van der Waals surface area contributed by atoms with Gasteiger partial charge in [-0.15, -0.1) is 0 Å². The van der Waals surface area contributed by atoms with E-state index in [-0.39, 0.29) is 18.9 Å². The molecule has 0 saturated carbocycles. The molecule has 19 nitrogen and oxygen atoms in total. The first-order valence-electron chi connectivity index (χ1n) is 28.1. The van der Waals surface area contributed by atoms with Gasteiger partial charge in [-0.2, -0.15) is 0 Å². The van der Waals surface area contributed by atoms with Crippen LogP contribution < -0.4 is 5.32 Å². The number of ether oxygens (including phenoxy) is 6. The van der Waals surface area contributed by atoms with E-state index >= 15 is 0 Å². The summed E-state index contributed by atoms with van der Waals surface area (Å²) in [4.78, 5) is 13.1. The zero-order chi connectivity index (χ0) is 53.4. The van der Waals surface area contributed by atoms with Gasteiger partial charge in [-0.05, 0) is 32.1 Å². The van der Waals surface area contributed by atoms with Gasteiger partial charge in [-0.1, -0.05) is 167 Å². The minimum Gasteiger partial charge on any atom is -0.394 e. The number of allylic oxidation sites excluding steroid dienone is 3. The van der Waals surface area contributed by atoms with Crippen LogP contribution in [0, 0.1) is 0 Å². The number of hydrogen-bond acceptors (Lipinski definition) is 18. The number of aliphatic hydroxyl groups is 11. The molecule has 1 amide bonds. The van der Waals surface area contributed by atoms with Crippen LogP contribution in [0.1, 0.15) is 181 Å². The first-order valence-corrected chi connectivity index (χ1v) is 28.1. The van der Waals surface area contributed by atoms with Crippen molar-refractivity contribution in [2.45, 2.75) is 285 Å². The van der Waals surface area contributed by atoms with Crippen molar-refractivity contribution in [3.05, 3.63) is 24.3 Å². The van der Waals surface area contributed by atoms with Crippen LogP contribution in [0.15, 0.2) is 24.3 Å². The molecular weight excluding hydrogens is 951 g/mol. The van der Waals surface area contributed by atoms with E-state index in [1.165, 1.54) is 96.3 Å². The predicted molar refractivity (Wildman–Crippen MR) is 273 cm³/mol. The molecule has 73 heavy (non-hydrogen) atoms. The van der Waals surface area contributed by atoms with E-state index in [4.69, 9.17) is 28.4 Å². The van der Waals surface area contributed by atoms with Crippen molar-refractivity contribution < 1.29 is 89.4 Å². The smallest absolute Gasteiger partial charge is 0.220 e. The van der Waals surface area contributed by atoms with Gasteiger partial charge >= 0.3 is 0 Å². The Hall–Kier alpha value is -1.73. The fourth-order valence-corrected chi connectivity index (χ4v) is 9.56. The number of amides is 1. The van der Waals surface area contributed by atoms with Crippen molar-refractivity contribution in [2.24, 2.45) is 0 Å². The first kappa shape index (κ1) is 65.6. The standard InChI is InChI=1S/C54H99NO18/c1-3-5-7-9-11-12-13-14-15-16-17-18-19-20-21-22-23-24-25-26-27-29-31-38(59)37(55-42(60)32-30-28-10-8-6-4-2)36-68-52-48(66)45(63)50(40(34-57)70-52)73-54-49(67)46(64)51(41(35-58)71-54)72-53-47(65)44(62)43(61)39(33-56)69-53/h24-25,29,31,37-41,43-54,56-59,61-67H,3-23,26-28,30,32-36H2,1-2H3,(H,55,60)/b25-24+,31-29+. The van der Waals surface area contributed by atoms with Crippen molar-refractivity contribution in [2.75, 3.05) is 26.4 Å². The van der Waals surface area contributed by atoms with Crippen LogP contribution in [0.3, 0.4) is 0 Å². The summed E-state index contributed by atoms with van der Waals surface area (Å²) in [7, 11) is 0. The van der Waals surface area contributed by atoms with Gasteiger partial charge in [0, 0.05) is 6.42 Å². The Morgan fingerprint density at radius 2 is 0.877 bits per heavy atom. The van der Waals surface area contributed by atoms with Gasteiger partial charge in [0.2, 0.25) is 5.91 Å². The molecule has 428 valence electrons. The van der Waals surface area contributed by atoms with Gasteiger partial charge in [-0.3, -0.25) is 4.79 Å². The third-order valence-corrected chi connectivity index (χ3v) is 14.3. The summed E-state index contributed by atoms with van der Waals surface area (Å²) in [5, 5.41) is 119. The summed E-state index contributed by atoms with van der Waals surface area (Å²) in [5.41, 5.74) is 0. The number of hydrogen-bond donors (Lipinski definition) is 12. The second kappa shape index (κ2) is 38.8. The summed E-state index contributed by atoms with van der Waals surface area (Å²) < 4.78 is 34.1. The van der Waals surface area contributed by atoms with Crippen molar-refractivity contribution in [1.29, 1.82) is 0 Å². The van der Waals surface area contributed by atoms with Gasteiger partial charge in [0.05, 0.1) is 38.6 Å². The molecule has 0 aliphatic carbocycles. The molecule has 3 rings (SSSR count). The molecule has 17 atom stereocenters. The highest BCUT2D eigenvalue weighted by molar-refractivity contribution is 5.76. The van der Waals surface area contributed by atoms with Crippen LogP contribution in [-0.4, -0.2) is 193 Å². The number of carbonyl (C=O) groups excluding carboxylic acids is 1. The van der Waals surface area contributed by atoms with E-state index in [0.717, 1.165) is 51.4 Å². The molecule has 3 aliphatic heterocycles. The monoisotopic (exact) mass is 1050 g/mol. The van der Waals surface area contributed by atoms with Gasteiger partial charge in [0.1, 0.15) is 73.2 Å². The highest BCUT2D eigenvalue weighted by Gasteiger charge is 2.53. The number of carbonyl (C=O) groups is 1. The number of nitrogens with one attached hydrogen (secondary N) is 1. The minimum absolute atomic E-state index is 0.234. The molecule has 0 bridgehead atoms. The van der Waals surface area contributed by atoms with Gasteiger partial charge in [0.25, 0.3) is 0 Å². The predicted octanol–water partition coefficient (Wildman–Crippen LogP) is 3.59. The fraction of sp³-hybridized carbons (Fsp3) is 0.907. The van der Waals surface area contributed by atoms with Crippen LogP contribution in [0.25, 0.3) is 0 Å². The molecule has 0 radical (unpaired) electrons. The lowest BCUT2D eigenvalue weighted by Gasteiger charge is -2.48. The van der Waals surface area contributed by atoms with Crippen molar-refractivity contribution in [1.82, 2.24) is 5.32 Å². The topological polar surface area (TPSA) is 307 Å². The Labute approximate surface area is 435 Å². The average Bonchev–Trinajstić information content (AvgIpc) is 3.39. The van der Waals surface area contributed by atoms with Crippen LogP contribution in [0.5, 0.6) is 0 Å². The largest absolute Gasteiger partial charge is 0.394 e. The molecule has 3 aliphatic rings. The molecule has 3 saturated heterocycles. The number of rotatable bonds is 40. The summed E-state index contributed by atoms with van der Waals surface area (Å²) in [5.74, 6) is -0.296. The van der Waals surface area contributed by atoms with Gasteiger partial charge < -0.3 is 89.9 Å². The lowest BCUT2D eigenvalue weighted by atomic mass is 9.96. The van der Waals surface area contributed by atoms with Crippen molar-refractivity contribution in [3.63, 3.8) is 0 Å². The van der Waals surface area contributed by atoms with E-state index in [2.05, 4.69) is 31.3 Å². The molecule has 12 N–H and O–H groups in total. The maximum atomic E-state index is 13.1. The van der Waals surface area contributed by atoms with Crippen LogP contribution in [0.4, 0.5) is 0 Å². The highest BCUT2D eigenvalue weighted by atomic mass is 16.8. The zero-order valence-corrected chi connectivity index (χ0v) is 44.1. The Morgan fingerprint density at radius 3 is 1.37 bits per heavy atom. The van der Waals surface area contributed by atoms with E-state index in [0.29, 0.717) is 12.8 Å².